The lowest BCUT2D eigenvalue weighted by atomic mass is 10.0. The molecule has 0 fully saturated rings. The summed E-state index contributed by atoms with van der Waals surface area (Å²) in [5, 5.41) is 0.442. The molecule has 0 bridgehead atoms. The summed E-state index contributed by atoms with van der Waals surface area (Å²) >= 11 is 12.3. The number of benzene rings is 2. The number of imidazole rings is 1. The van der Waals surface area contributed by atoms with E-state index in [0.717, 1.165) is 5.56 Å². The van der Waals surface area contributed by atoms with Gasteiger partial charge in [-0.05, 0) is 42.8 Å². The maximum atomic E-state index is 14.1. The van der Waals surface area contributed by atoms with E-state index in [1.807, 2.05) is 23.6 Å². The highest BCUT2D eigenvalue weighted by atomic mass is 35.5. The fourth-order valence-corrected chi connectivity index (χ4v) is 5.08. The van der Waals surface area contributed by atoms with E-state index in [1.54, 1.807) is 24.1 Å². The van der Waals surface area contributed by atoms with Gasteiger partial charge in [0.05, 0.1) is 43.1 Å². The molecule has 1 amide bonds. The molecular formula is C27H24Cl2FN5O4. The normalized spacial score (nSPS) is 15.4. The monoisotopic (exact) mass is 571 g/mol. The van der Waals surface area contributed by atoms with E-state index in [2.05, 4.69) is 9.97 Å². The van der Waals surface area contributed by atoms with Crippen LogP contribution in [0.1, 0.15) is 40.8 Å². The lowest BCUT2D eigenvalue weighted by molar-refractivity contribution is 0.0989. The van der Waals surface area contributed by atoms with Gasteiger partial charge in [0.2, 0.25) is 5.88 Å². The minimum atomic E-state index is -0.642. The van der Waals surface area contributed by atoms with Crippen LogP contribution in [0.3, 0.4) is 0 Å². The van der Waals surface area contributed by atoms with Crippen molar-refractivity contribution in [1.82, 2.24) is 19.5 Å². The molecule has 4 aromatic rings. The maximum Gasteiger partial charge on any atom is 0.319 e. The van der Waals surface area contributed by atoms with Gasteiger partial charge >= 0.3 is 6.01 Å². The Morgan fingerprint density at radius 3 is 2.44 bits per heavy atom. The molecule has 1 aliphatic heterocycles. The topological polar surface area (TPSA) is 91.6 Å². The van der Waals surface area contributed by atoms with Crippen molar-refractivity contribution in [3.63, 3.8) is 0 Å². The standard InChI is InChI=1S/C27H24Cl2FN5O4/c1-14(13-37-2)34-23-21(32-24(34)18-12-31-27(39-4)33-25(18)38-3)26(36)35(17-9-10-20(30)19(29)11-17)22(23)15-5-7-16(28)8-6-15/h5-12,14,22H,13H2,1-4H3. The average Bonchev–Trinajstić information content (AvgIpc) is 3.45. The number of fused-ring (bicyclic) bond motifs is 1. The second-order valence-corrected chi connectivity index (χ2v) is 9.69. The molecule has 2 aromatic carbocycles. The second-order valence-electron chi connectivity index (χ2n) is 8.85. The van der Waals surface area contributed by atoms with Crippen LogP contribution in [-0.4, -0.2) is 53.4 Å². The van der Waals surface area contributed by atoms with Crippen LogP contribution in [0.5, 0.6) is 11.9 Å². The number of carbonyl (C=O) groups is 1. The Bertz CT molecular complexity index is 1550. The molecular weight excluding hydrogens is 548 g/mol. The van der Waals surface area contributed by atoms with E-state index >= 15 is 0 Å². The predicted octanol–water partition coefficient (Wildman–Crippen LogP) is 5.76. The van der Waals surface area contributed by atoms with E-state index in [1.165, 1.54) is 38.6 Å². The van der Waals surface area contributed by atoms with Crippen LogP contribution in [0.15, 0.2) is 48.7 Å². The number of hydrogen-bond donors (Lipinski definition) is 0. The molecule has 0 N–H and O–H groups in total. The van der Waals surface area contributed by atoms with Crippen LogP contribution in [0.4, 0.5) is 10.1 Å². The predicted molar refractivity (Wildman–Crippen MR) is 144 cm³/mol. The van der Waals surface area contributed by atoms with Crippen molar-refractivity contribution >= 4 is 34.8 Å². The second kappa shape index (κ2) is 10.8. The van der Waals surface area contributed by atoms with Crippen LogP contribution in [0.2, 0.25) is 10.0 Å². The molecule has 202 valence electrons. The minimum absolute atomic E-state index is 0.101. The van der Waals surface area contributed by atoms with Gasteiger partial charge in [-0.3, -0.25) is 9.69 Å². The minimum Gasteiger partial charge on any atom is -0.480 e. The van der Waals surface area contributed by atoms with Gasteiger partial charge in [-0.1, -0.05) is 35.3 Å². The first-order chi connectivity index (χ1) is 18.8. The first-order valence-corrected chi connectivity index (χ1v) is 12.6. The number of ether oxygens (including phenoxy) is 3. The Morgan fingerprint density at radius 2 is 1.79 bits per heavy atom. The number of aromatic nitrogens is 4. The number of nitrogens with zero attached hydrogens (tertiary/aromatic N) is 5. The third kappa shape index (κ3) is 4.69. The van der Waals surface area contributed by atoms with Gasteiger partial charge in [0.15, 0.2) is 5.69 Å². The first-order valence-electron chi connectivity index (χ1n) is 11.9. The summed E-state index contributed by atoms with van der Waals surface area (Å²) in [5.74, 6) is -0.314. The van der Waals surface area contributed by atoms with Gasteiger partial charge < -0.3 is 18.8 Å². The summed E-state index contributed by atoms with van der Waals surface area (Å²) < 4.78 is 32.1. The molecule has 1 aliphatic rings. The van der Waals surface area contributed by atoms with Crippen molar-refractivity contribution < 1.29 is 23.4 Å². The van der Waals surface area contributed by atoms with Gasteiger partial charge in [-0.15, -0.1) is 0 Å². The highest BCUT2D eigenvalue weighted by Gasteiger charge is 2.45. The quantitative estimate of drug-likeness (QED) is 0.265. The van der Waals surface area contributed by atoms with Crippen molar-refractivity contribution in [2.75, 3.05) is 32.8 Å². The Labute approximate surface area is 234 Å². The summed E-state index contributed by atoms with van der Waals surface area (Å²) in [4.78, 5) is 28.9. The van der Waals surface area contributed by atoms with E-state index in [-0.39, 0.29) is 34.6 Å². The molecule has 2 aromatic heterocycles. The molecule has 5 rings (SSSR count). The van der Waals surface area contributed by atoms with E-state index in [9.17, 15) is 9.18 Å². The molecule has 39 heavy (non-hydrogen) atoms. The maximum absolute atomic E-state index is 14.1. The van der Waals surface area contributed by atoms with Gasteiger partial charge in [0, 0.05) is 24.0 Å². The zero-order valence-electron chi connectivity index (χ0n) is 21.5. The fourth-order valence-electron chi connectivity index (χ4n) is 4.78. The summed E-state index contributed by atoms with van der Waals surface area (Å²) in [5.41, 5.74) is 2.48. The zero-order valence-corrected chi connectivity index (χ0v) is 23.0. The molecule has 3 heterocycles. The smallest absolute Gasteiger partial charge is 0.319 e. The molecule has 9 nitrogen and oxygen atoms in total. The number of amides is 1. The van der Waals surface area contributed by atoms with Crippen molar-refractivity contribution in [1.29, 1.82) is 0 Å². The molecule has 12 heteroatoms. The highest BCUT2D eigenvalue weighted by Crippen LogP contribution is 2.46. The van der Waals surface area contributed by atoms with Crippen LogP contribution < -0.4 is 14.4 Å². The molecule has 2 unspecified atom stereocenters. The van der Waals surface area contributed by atoms with Gasteiger partial charge in [-0.25, -0.2) is 14.4 Å². The van der Waals surface area contributed by atoms with Gasteiger partial charge in [0.25, 0.3) is 5.91 Å². The number of anilines is 1. The number of carbonyl (C=O) groups excluding carboxylic acids is 1. The highest BCUT2D eigenvalue weighted by molar-refractivity contribution is 6.31. The lowest BCUT2D eigenvalue weighted by Crippen LogP contribution is -2.30. The van der Waals surface area contributed by atoms with Gasteiger partial charge in [0.1, 0.15) is 17.7 Å². The van der Waals surface area contributed by atoms with E-state index in [4.69, 9.17) is 42.4 Å². The Balaban J connectivity index is 1.79. The van der Waals surface area contributed by atoms with Crippen molar-refractivity contribution in [2.45, 2.75) is 19.0 Å². The Hall–Kier alpha value is -3.73. The average molecular weight is 572 g/mol. The Morgan fingerprint density at radius 1 is 1.05 bits per heavy atom. The SMILES string of the molecule is COCC(C)n1c(-c2cnc(OC)nc2OC)nc2c1C(c1ccc(Cl)cc1)N(c1ccc(F)c(Cl)c1)C2=O. The molecule has 0 aliphatic carbocycles. The molecule has 0 spiro atoms. The molecule has 0 radical (unpaired) electrons. The molecule has 0 saturated heterocycles. The van der Waals surface area contributed by atoms with E-state index < -0.39 is 11.9 Å². The third-order valence-corrected chi connectivity index (χ3v) is 6.99. The van der Waals surface area contributed by atoms with Gasteiger partial charge in [-0.2, -0.15) is 4.98 Å². The van der Waals surface area contributed by atoms with Crippen molar-refractivity contribution in [3.05, 3.63) is 81.5 Å². The fraction of sp³-hybridized carbons (Fsp3) is 0.259. The third-order valence-electron chi connectivity index (χ3n) is 6.45. The summed E-state index contributed by atoms with van der Waals surface area (Å²) in [6.07, 6.45) is 1.54. The van der Waals surface area contributed by atoms with Crippen molar-refractivity contribution in [3.8, 4) is 23.3 Å². The number of methoxy groups -OCH3 is 3. The van der Waals surface area contributed by atoms with Crippen LogP contribution >= 0.6 is 23.2 Å². The lowest BCUT2D eigenvalue weighted by Gasteiger charge is -2.29. The summed E-state index contributed by atoms with van der Waals surface area (Å²) in [6.45, 7) is 2.27. The number of halogens is 3. The number of rotatable bonds is 8. The van der Waals surface area contributed by atoms with E-state index in [0.29, 0.717) is 34.4 Å². The van der Waals surface area contributed by atoms with Crippen LogP contribution in [0, 0.1) is 5.82 Å². The largest absolute Gasteiger partial charge is 0.480 e. The van der Waals surface area contributed by atoms with Crippen molar-refractivity contribution in [2.24, 2.45) is 0 Å². The summed E-state index contributed by atoms with van der Waals surface area (Å²) in [7, 11) is 4.53. The first kappa shape index (κ1) is 26.9. The molecule has 0 saturated carbocycles. The zero-order chi connectivity index (χ0) is 27.8. The van der Waals surface area contributed by atoms with Crippen LogP contribution in [-0.2, 0) is 4.74 Å². The summed E-state index contributed by atoms with van der Waals surface area (Å²) in [6, 6.07) is 10.5. The Kier molecular flexibility index (Phi) is 7.44. The number of hydrogen-bond acceptors (Lipinski definition) is 7. The molecule has 2 atom stereocenters. The van der Waals surface area contributed by atoms with Crippen LogP contribution in [0.25, 0.3) is 11.4 Å².